The summed E-state index contributed by atoms with van der Waals surface area (Å²) in [5.74, 6) is 1.80. The average Bonchev–Trinajstić information content (AvgIpc) is 3.19. The summed E-state index contributed by atoms with van der Waals surface area (Å²) in [4.78, 5) is 0. The maximum Gasteiger partial charge on any atom is 0.0406 e. The highest BCUT2D eigenvalue weighted by Gasteiger charge is 2.22. The van der Waals surface area contributed by atoms with E-state index in [1.54, 1.807) is 0 Å². The van der Waals surface area contributed by atoms with E-state index in [1.165, 1.54) is 24.0 Å². The Morgan fingerprint density at radius 2 is 1.95 bits per heavy atom. The number of hydrogen-bond acceptors (Lipinski definition) is 1. The fourth-order valence-electron chi connectivity index (χ4n) is 2.31. The third kappa shape index (κ3) is 4.36. The van der Waals surface area contributed by atoms with Crippen LogP contribution in [0.2, 0.25) is 5.02 Å². The molecule has 0 saturated heterocycles. The zero-order valence-electron chi connectivity index (χ0n) is 12.0. The van der Waals surface area contributed by atoms with E-state index in [1.807, 2.05) is 12.1 Å². The molecule has 0 spiro atoms. The Hall–Kier alpha value is -0.790. The number of benzene rings is 1. The lowest BCUT2D eigenvalue weighted by Crippen LogP contribution is -2.25. The van der Waals surface area contributed by atoms with Crippen molar-refractivity contribution in [2.45, 2.75) is 32.6 Å². The van der Waals surface area contributed by atoms with Crippen LogP contribution in [0, 0.1) is 11.8 Å². The van der Waals surface area contributed by atoms with Gasteiger partial charge in [0.1, 0.15) is 0 Å². The number of nitrogens with one attached hydrogen (secondary N) is 1. The predicted molar refractivity (Wildman–Crippen MR) is 83.8 cm³/mol. The predicted octanol–water partition coefficient (Wildman–Crippen LogP) is 4.64. The first kappa shape index (κ1) is 14.6. The van der Waals surface area contributed by atoms with Crippen LogP contribution < -0.4 is 5.32 Å². The van der Waals surface area contributed by atoms with E-state index >= 15 is 0 Å². The SMILES string of the molecule is C=C(C(C)C)[C@@H](CNCC1CC1)c1ccc(Cl)cc1. The molecule has 1 N–H and O–H groups in total. The normalized spacial score (nSPS) is 16.6. The van der Waals surface area contributed by atoms with Gasteiger partial charge >= 0.3 is 0 Å². The average molecular weight is 278 g/mol. The summed E-state index contributed by atoms with van der Waals surface area (Å²) in [7, 11) is 0. The lowest BCUT2D eigenvalue weighted by Gasteiger charge is -2.23. The molecule has 1 nitrogen and oxygen atoms in total. The number of halogens is 1. The molecule has 1 aromatic carbocycles. The molecule has 104 valence electrons. The molecular formula is C17H24ClN. The Bertz CT molecular complexity index is 417. The number of hydrogen-bond donors (Lipinski definition) is 1. The molecule has 2 heteroatoms. The van der Waals surface area contributed by atoms with Gasteiger partial charge in [-0.15, -0.1) is 0 Å². The fraction of sp³-hybridized carbons (Fsp3) is 0.529. The van der Waals surface area contributed by atoms with Gasteiger partial charge in [0.05, 0.1) is 0 Å². The molecule has 0 heterocycles. The molecule has 0 aromatic heterocycles. The summed E-state index contributed by atoms with van der Waals surface area (Å²) in [6.07, 6.45) is 2.79. The van der Waals surface area contributed by atoms with Gasteiger partial charge < -0.3 is 5.32 Å². The third-order valence-electron chi connectivity index (χ3n) is 3.94. The quantitative estimate of drug-likeness (QED) is 0.716. The van der Waals surface area contributed by atoms with Crippen molar-refractivity contribution < 1.29 is 0 Å². The van der Waals surface area contributed by atoms with Crippen LogP contribution in [-0.4, -0.2) is 13.1 Å². The summed E-state index contributed by atoms with van der Waals surface area (Å²) in [6.45, 7) is 10.9. The van der Waals surface area contributed by atoms with Gasteiger partial charge in [-0.25, -0.2) is 0 Å². The maximum atomic E-state index is 5.97. The summed E-state index contributed by atoms with van der Waals surface area (Å²) in [5, 5.41) is 4.40. The van der Waals surface area contributed by atoms with Crippen LogP contribution in [0.4, 0.5) is 0 Å². The monoisotopic (exact) mass is 277 g/mol. The molecule has 1 saturated carbocycles. The van der Waals surface area contributed by atoms with Crippen LogP contribution in [0.3, 0.4) is 0 Å². The lowest BCUT2D eigenvalue weighted by atomic mass is 9.86. The molecule has 2 rings (SSSR count). The second-order valence-corrected chi connectivity index (χ2v) is 6.37. The van der Waals surface area contributed by atoms with Gasteiger partial charge in [-0.05, 0) is 48.9 Å². The van der Waals surface area contributed by atoms with E-state index in [0.717, 1.165) is 24.0 Å². The minimum absolute atomic E-state index is 0.385. The minimum Gasteiger partial charge on any atom is -0.316 e. The van der Waals surface area contributed by atoms with Crippen molar-refractivity contribution in [3.05, 3.63) is 47.0 Å². The van der Waals surface area contributed by atoms with E-state index in [-0.39, 0.29) is 0 Å². The second kappa shape index (κ2) is 6.58. The Morgan fingerprint density at radius 1 is 1.32 bits per heavy atom. The van der Waals surface area contributed by atoms with Crippen molar-refractivity contribution in [2.75, 3.05) is 13.1 Å². The Kier molecular flexibility index (Phi) is 5.06. The van der Waals surface area contributed by atoms with Crippen molar-refractivity contribution in [2.24, 2.45) is 11.8 Å². The highest BCUT2D eigenvalue weighted by molar-refractivity contribution is 6.30. The maximum absolute atomic E-state index is 5.97. The molecule has 0 radical (unpaired) electrons. The first-order valence-corrected chi connectivity index (χ1v) is 7.60. The first-order valence-electron chi connectivity index (χ1n) is 7.22. The van der Waals surface area contributed by atoms with E-state index < -0.39 is 0 Å². The van der Waals surface area contributed by atoms with E-state index in [2.05, 4.69) is 37.9 Å². The van der Waals surface area contributed by atoms with Gasteiger partial charge in [-0.2, -0.15) is 0 Å². The molecular weight excluding hydrogens is 254 g/mol. The van der Waals surface area contributed by atoms with E-state index in [9.17, 15) is 0 Å². The topological polar surface area (TPSA) is 12.0 Å². The second-order valence-electron chi connectivity index (χ2n) is 5.94. The summed E-state index contributed by atoms with van der Waals surface area (Å²) >= 11 is 5.97. The zero-order chi connectivity index (χ0) is 13.8. The molecule has 0 aliphatic heterocycles. The summed E-state index contributed by atoms with van der Waals surface area (Å²) in [5.41, 5.74) is 2.61. The van der Waals surface area contributed by atoms with Gasteiger partial charge in [-0.1, -0.05) is 49.7 Å². The van der Waals surface area contributed by atoms with Gasteiger partial charge in [0.15, 0.2) is 0 Å². The molecule has 0 amide bonds. The van der Waals surface area contributed by atoms with Crippen molar-refractivity contribution in [3.63, 3.8) is 0 Å². The highest BCUT2D eigenvalue weighted by atomic mass is 35.5. The van der Waals surface area contributed by atoms with Crippen LogP contribution in [0.5, 0.6) is 0 Å². The van der Waals surface area contributed by atoms with Gasteiger partial charge in [0.25, 0.3) is 0 Å². The van der Waals surface area contributed by atoms with Gasteiger partial charge in [0, 0.05) is 17.5 Å². The summed E-state index contributed by atoms with van der Waals surface area (Å²) in [6, 6.07) is 8.19. The molecule has 0 bridgehead atoms. The molecule has 1 atom stereocenters. The van der Waals surface area contributed by atoms with Crippen molar-refractivity contribution in [3.8, 4) is 0 Å². The first-order chi connectivity index (χ1) is 9.08. The van der Waals surface area contributed by atoms with Gasteiger partial charge in [0.2, 0.25) is 0 Å². The molecule has 19 heavy (non-hydrogen) atoms. The smallest absolute Gasteiger partial charge is 0.0406 e. The largest absolute Gasteiger partial charge is 0.316 e. The van der Waals surface area contributed by atoms with Crippen LogP contribution >= 0.6 is 11.6 Å². The molecule has 1 aliphatic rings. The van der Waals surface area contributed by atoms with Gasteiger partial charge in [-0.3, -0.25) is 0 Å². The van der Waals surface area contributed by atoms with Crippen molar-refractivity contribution in [1.29, 1.82) is 0 Å². The highest BCUT2D eigenvalue weighted by Crippen LogP contribution is 2.30. The Balaban J connectivity index is 2.03. The zero-order valence-corrected chi connectivity index (χ0v) is 12.7. The van der Waals surface area contributed by atoms with Crippen LogP contribution in [-0.2, 0) is 0 Å². The van der Waals surface area contributed by atoms with E-state index in [0.29, 0.717) is 11.8 Å². The standard InChI is InChI=1S/C17H24ClN/c1-12(2)13(3)17(11-19-10-14-4-5-14)15-6-8-16(18)9-7-15/h6-9,12,14,17,19H,3-5,10-11H2,1-2H3/t17-/m1/s1. The Morgan fingerprint density at radius 3 is 2.47 bits per heavy atom. The minimum atomic E-state index is 0.385. The molecule has 1 aliphatic carbocycles. The summed E-state index contributed by atoms with van der Waals surface area (Å²) < 4.78 is 0. The fourth-order valence-corrected chi connectivity index (χ4v) is 2.44. The van der Waals surface area contributed by atoms with Crippen molar-refractivity contribution >= 4 is 11.6 Å². The molecule has 1 fully saturated rings. The van der Waals surface area contributed by atoms with Crippen LogP contribution in [0.15, 0.2) is 36.4 Å². The van der Waals surface area contributed by atoms with Crippen LogP contribution in [0.1, 0.15) is 38.2 Å². The van der Waals surface area contributed by atoms with Crippen LogP contribution in [0.25, 0.3) is 0 Å². The third-order valence-corrected chi connectivity index (χ3v) is 4.19. The lowest BCUT2D eigenvalue weighted by molar-refractivity contribution is 0.566. The van der Waals surface area contributed by atoms with E-state index in [4.69, 9.17) is 11.6 Å². The molecule has 1 aromatic rings. The molecule has 0 unspecified atom stereocenters. The number of rotatable bonds is 7. The van der Waals surface area contributed by atoms with Crippen molar-refractivity contribution in [1.82, 2.24) is 5.32 Å². The Labute approximate surface area is 122 Å².